The van der Waals surface area contributed by atoms with Gasteiger partial charge in [-0.3, -0.25) is 4.79 Å². The highest BCUT2D eigenvalue weighted by Gasteiger charge is 2.22. The number of amides is 1. The molecule has 0 saturated carbocycles. The van der Waals surface area contributed by atoms with Gasteiger partial charge < -0.3 is 10.2 Å². The molecule has 1 N–H and O–H groups in total. The topological polar surface area (TPSA) is 32.3 Å². The van der Waals surface area contributed by atoms with Gasteiger partial charge in [-0.05, 0) is 18.9 Å². The molecular formula is C10H20N2O. The first kappa shape index (κ1) is 10.5. The largest absolute Gasteiger partial charge is 0.341 e. The maximum absolute atomic E-state index is 11.6. The standard InChI is InChI=1S/C10H20N2O/c1-8(2)6-10(13)12(3)9-4-5-11-7-9/h8-9,11H,4-7H2,1-3H3. The summed E-state index contributed by atoms with van der Waals surface area (Å²) >= 11 is 0. The van der Waals surface area contributed by atoms with E-state index in [1.807, 2.05) is 11.9 Å². The molecular weight excluding hydrogens is 164 g/mol. The van der Waals surface area contributed by atoms with Crippen LogP contribution in [0, 0.1) is 5.92 Å². The third kappa shape index (κ3) is 2.99. The number of likely N-dealkylation sites (N-methyl/N-ethyl adjacent to an activating group) is 1. The molecule has 1 aliphatic rings. The number of carbonyl (C=O) groups excluding carboxylic acids is 1. The van der Waals surface area contributed by atoms with Gasteiger partial charge in [0.2, 0.25) is 5.91 Å². The third-order valence-electron chi connectivity index (χ3n) is 2.56. The van der Waals surface area contributed by atoms with Crippen molar-refractivity contribution in [2.24, 2.45) is 5.92 Å². The minimum absolute atomic E-state index is 0.281. The maximum atomic E-state index is 11.6. The molecule has 13 heavy (non-hydrogen) atoms. The highest BCUT2D eigenvalue weighted by Crippen LogP contribution is 2.10. The second kappa shape index (κ2) is 4.61. The number of nitrogens with zero attached hydrogens (tertiary/aromatic N) is 1. The molecule has 0 aromatic rings. The van der Waals surface area contributed by atoms with E-state index in [-0.39, 0.29) is 5.91 Å². The molecule has 76 valence electrons. The second-order valence-electron chi connectivity index (χ2n) is 4.25. The third-order valence-corrected chi connectivity index (χ3v) is 2.56. The summed E-state index contributed by atoms with van der Waals surface area (Å²) in [7, 11) is 1.92. The summed E-state index contributed by atoms with van der Waals surface area (Å²) in [6.07, 6.45) is 1.77. The van der Waals surface area contributed by atoms with Gasteiger partial charge in [-0.1, -0.05) is 13.8 Å². The van der Waals surface area contributed by atoms with Gasteiger partial charge in [0.1, 0.15) is 0 Å². The van der Waals surface area contributed by atoms with Crippen molar-refractivity contribution in [2.45, 2.75) is 32.7 Å². The molecule has 3 nitrogen and oxygen atoms in total. The summed E-state index contributed by atoms with van der Waals surface area (Å²) < 4.78 is 0. The number of carbonyl (C=O) groups is 1. The van der Waals surface area contributed by atoms with Gasteiger partial charge in [0.05, 0.1) is 0 Å². The molecule has 0 aromatic carbocycles. The van der Waals surface area contributed by atoms with Gasteiger partial charge in [-0.25, -0.2) is 0 Å². The van der Waals surface area contributed by atoms with E-state index in [0.29, 0.717) is 18.4 Å². The quantitative estimate of drug-likeness (QED) is 0.705. The minimum Gasteiger partial charge on any atom is -0.341 e. The van der Waals surface area contributed by atoms with Crippen LogP contribution < -0.4 is 5.32 Å². The number of nitrogens with one attached hydrogen (secondary N) is 1. The van der Waals surface area contributed by atoms with E-state index >= 15 is 0 Å². The molecule has 0 spiro atoms. The highest BCUT2D eigenvalue weighted by molar-refractivity contribution is 5.76. The van der Waals surface area contributed by atoms with Crippen LogP contribution in [0.3, 0.4) is 0 Å². The molecule has 0 aliphatic carbocycles. The first-order valence-electron chi connectivity index (χ1n) is 5.07. The van der Waals surface area contributed by atoms with E-state index in [4.69, 9.17) is 0 Å². The van der Waals surface area contributed by atoms with Crippen LogP contribution in [-0.2, 0) is 4.79 Å². The van der Waals surface area contributed by atoms with Crippen molar-refractivity contribution in [3.05, 3.63) is 0 Å². The lowest BCUT2D eigenvalue weighted by Gasteiger charge is -2.24. The molecule has 1 rings (SSSR count). The van der Waals surface area contributed by atoms with Crippen LogP contribution in [0.15, 0.2) is 0 Å². The average molecular weight is 184 g/mol. The Morgan fingerprint density at radius 2 is 2.31 bits per heavy atom. The van der Waals surface area contributed by atoms with Crippen molar-refractivity contribution in [1.29, 1.82) is 0 Å². The first-order valence-corrected chi connectivity index (χ1v) is 5.07. The lowest BCUT2D eigenvalue weighted by molar-refractivity contribution is -0.132. The van der Waals surface area contributed by atoms with Gasteiger partial charge in [-0.2, -0.15) is 0 Å². The summed E-state index contributed by atoms with van der Waals surface area (Å²) in [6, 6.07) is 0.422. The maximum Gasteiger partial charge on any atom is 0.222 e. The van der Waals surface area contributed by atoms with Crippen LogP contribution >= 0.6 is 0 Å². The molecule has 3 heteroatoms. The van der Waals surface area contributed by atoms with Crippen LogP contribution in [0.25, 0.3) is 0 Å². The first-order chi connectivity index (χ1) is 6.11. The molecule has 0 bridgehead atoms. The zero-order chi connectivity index (χ0) is 9.84. The Balaban J connectivity index is 2.36. The Bertz CT molecular complexity index is 174. The Morgan fingerprint density at radius 1 is 1.62 bits per heavy atom. The van der Waals surface area contributed by atoms with Crippen molar-refractivity contribution in [2.75, 3.05) is 20.1 Å². The van der Waals surface area contributed by atoms with Gasteiger partial charge >= 0.3 is 0 Å². The van der Waals surface area contributed by atoms with E-state index in [2.05, 4.69) is 19.2 Å². The normalized spacial score (nSPS) is 22.3. The van der Waals surface area contributed by atoms with Crippen molar-refractivity contribution in [3.8, 4) is 0 Å². The summed E-state index contributed by atoms with van der Waals surface area (Å²) in [5.41, 5.74) is 0. The van der Waals surface area contributed by atoms with E-state index in [9.17, 15) is 4.79 Å². The van der Waals surface area contributed by atoms with E-state index in [0.717, 1.165) is 19.5 Å². The molecule has 0 radical (unpaired) electrons. The van der Waals surface area contributed by atoms with Gasteiger partial charge in [0.15, 0.2) is 0 Å². The molecule has 1 amide bonds. The van der Waals surface area contributed by atoms with E-state index in [1.165, 1.54) is 0 Å². The van der Waals surface area contributed by atoms with Crippen LogP contribution in [0.4, 0.5) is 0 Å². The summed E-state index contributed by atoms with van der Waals surface area (Å²) in [6.45, 7) is 6.17. The lowest BCUT2D eigenvalue weighted by atomic mass is 10.1. The molecule has 1 atom stereocenters. The van der Waals surface area contributed by atoms with Crippen molar-refractivity contribution >= 4 is 5.91 Å². The van der Waals surface area contributed by atoms with Crippen molar-refractivity contribution < 1.29 is 4.79 Å². The SMILES string of the molecule is CC(C)CC(=O)N(C)C1CCNC1. The monoisotopic (exact) mass is 184 g/mol. The average Bonchev–Trinajstić information content (AvgIpc) is 2.53. The summed E-state index contributed by atoms with van der Waals surface area (Å²) in [5, 5.41) is 3.27. The predicted octanol–water partition coefficient (Wildman–Crippen LogP) is 0.853. The molecule has 0 aromatic heterocycles. The van der Waals surface area contributed by atoms with Crippen LogP contribution in [-0.4, -0.2) is 37.0 Å². The highest BCUT2D eigenvalue weighted by atomic mass is 16.2. The van der Waals surface area contributed by atoms with E-state index in [1.54, 1.807) is 0 Å². The predicted molar refractivity (Wildman–Crippen MR) is 53.5 cm³/mol. The van der Waals surface area contributed by atoms with Crippen LogP contribution in [0.5, 0.6) is 0 Å². The fraction of sp³-hybridized carbons (Fsp3) is 0.900. The Kier molecular flexibility index (Phi) is 3.72. The minimum atomic E-state index is 0.281. The molecule has 1 fully saturated rings. The Labute approximate surface area is 80.5 Å². The zero-order valence-corrected chi connectivity index (χ0v) is 8.84. The smallest absolute Gasteiger partial charge is 0.222 e. The Morgan fingerprint density at radius 3 is 2.77 bits per heavy atom. The summed E-state index contributed by atoms with van der Waals surface area (Å²) in [5.74, 6) is 0.744. The fourth-order valence-electron chi connectivity index (χ4n) is 1.67. The molecule has 1 aliphatic heterocycles. The van der Waals surface area contributed by atoms with Crippen molar-refractivity contribution in [3.63, 3.8) is 0 Å². The summed E-state index contributed by atoms with van der Waals surface area (Å²) in [4.78, 5) is 13.5. The van der Waals surface area contributed by atoms with Gasteiger partial charge in [-0.15, -0.1) is 0 Å². The molecule has 1 saturated heterocycles. The van der Waals surface area contributed by atoms with Gasteiger partial charge in [0, 0.05) is 26.1 Å². The lowest BCUT2D eigenvalue weighted by Crippen LogP contribution is -2.38. The van der Waals surface area contributed by atoms with E-state index < -0.39 is 0 Å². The number of hydrogen-bond donors (Lipinski definition) is 1. The fourth-order valence-corrected chi connectivity index (χ4v) is 1.67. The zero-order valence-electron chi connectivity index (χ0n) is 8.84. The number of hydrogen-bond acceptors (Lipinski definition) is 2. The molecule has 1 unspecified atom stereocenters. The Hall–Kier alpha value is -0.570. The van der Waals surface area contributed by atoms with Crippen molar-refractivity contribution in [1.82, 2.24) is 10.2 Å². The number of rotatable bonds is 3. The van der Waals surface area contributed by atoms with Crippen LogP contribution in [0.1, 0.15) is 26.7 Å². The molecule has 1 heterocycles. The van der Waals surface area contributed by atoms with Gasteiger partial charge in [0.25, 0.3) is 0 Å². The second-order valence-corrected chi connectivity index (χ2v) is 4.25. The van der Waals surface area contributed by atoms with Crippen LogP contribution in [0.2, 0.25) is 0 Å².